The van der Waals surface area contributed by atoms with Gasteiger partial charge in [-0.05, 0) is 31.9 Å². The van der Waals surface area contributed by atoms with Crippen LogP contribution in [0.1, 0.15) is 26.2 Å². The lowest BCUT2D eigenvalue weighted by Gasteiger charge is -2.20. The first-order chi connectivity index (χ1) is 4.43. The van der Waals surface area contributed by atoms with Gasteiger partial charge in [-0.3, -0.25) is 0 Å². The molecule has 1 heterocycles. The van der Waals surface area contributed by atoms with E-state index in [0.29, 0.717) is 5.44 Å². The maximum atomic E-state index is 5.45. The summed E-state index contributed by atoms with van der Waals surface area (Å²) in [6, 6.07) is 0. The summed E-state index contributed by atoms with van der Waals surface area (Å²) < 4.78 is 5.45. The van der Waals surface area contributed by atoms with Gasteiger partial charge in [0.15, 0.2) is 0 Å². The zero-order valence-electron chi connectivity index (χ0n) is 5.93. The van der Waals surface area contributed by atoms with Crippen LogP contribution in [0.3, 0.4) is 0 Å². The normalized spacial score (nSPS) is 28.3. The molecule has 0 aliphatic carbocycles. The Bertz CT molecular complexity index is 66.6. The quantitative estimate of drug-likeness (QED) is 0.591. The summed E-state index contributed by atoms with van der Waals surface area (Å²) in [6.07, 6.45) is 4.00. The van der Waals surface area contributed by atoms with Crippen LogP contribution in [0.5, 0.6) is 0 Å². The van der Waals surface area contributed by atoms with Gasteiger partial charge in [-0.15, -0.1) is 11.8 Å². The Balaban J connectivity index is 2.08. The lowest BCUT2D eigenvalue weighted by molar-refractivity contribution is 0.115. The average Bonchev–Trinajstić information content (AvgIpc) is 1.91. The van der Waals surface area contributed by atoms with Crippen LogP contribution in [-0.2, 0) is 4.74 Å². The minimum Gasteiger partial charge on any atom is -0.368 e. The van der Waals surface area contributed by atoms with E-state index in [1.807, 2.05) is 11.8 Å². The first-order valence-corrected chi connectivity index (χ1v) is 4.71. The predicted molar refractivity (Wildman–Crippen MR) is 41.7 cm³/mol. The number of hydrogen-bond donors (Lipinski definition) is 0. The average molecular weight is 146 g/mol. The molecule has 0 amide bonds. The minimum atomic E-state index is 0.517. The van der Waals surface area contributed by atoms with Gasteiger partial charge < -0.3 is 4.74 Å². The van der Waals surface area contributed by atoms with E-state index in [1.165, 1.54) is 25.0 Å². The first kappa shape index (κ1) is 7.42. The smallest absolute Gasteiger partial charge is 0.103 e. The van der Waals surface area contributed by atoms with Crippen molar-refractivity contribution in [3.8, 4) is 0 Å². The Morgan fingerprint density at radius 3 is 3.00 bits per heavy atom. The second-order valence-corrected chi connectivity index (χ2v) is 3.52. The fourth-order valence-corrected chi connectivity index (χ4v) is 2.23. The van der Waals surface area contributed by atoms with Crippen molar-refractivity contribution in [2.75, 3.05) is 12.4 Å². The highest BCUT2D eigenvalue weighted by molar-refractivity contribution is 7.99. The molecule has 1 saturated heterocycles. The molecule has 1 fully saturated rings. The van der Waals surface area contributed by atoms with Crippen molar-refractivity contribution in [2.24, 2.45) is 0 Å². The molecule has 0 bridgehead atoms. The van der Waals surface area contributed by atoms with Crippen molar-refractivity contribution in [1.82, 2.24) is 0 Å². The maximum Gasteiger partial charge on any atom is 0.103 e. The van der Waals surface area contributed by atoms with Crippen LogP contribution >= 0.6 is 11.8 Å². The number of ether oxygens (including phenoxy) is 1. The summed E-state index contributed by atoms with van der Waals surface area (Å²) >= 11 is 1.97. The molecule has 0 aromatic carbocycles. The molecule has 9 heavy (non-hydrogen) atoms. The molecule has 54 valence electrons. The van der Waals surface area contributed by atoms with E-state index < -0.39 is 0 Å². The van der Waals surface area contributed by atoms with Crippen LogP contribution in [-0.4, -0.2) is 17.8 Å². The maximum absolute atomic E-state index is 5.45. The minimum absolute atomic E-state index is 0.517. The first-order valence-electron chi connectivity index (χ1n) is 3.66. The van der Waals surface area contributed by atoms with E-state index >= 15 is 0 Å². The van der Waals surface area contributed by atoms with Crippen molar-refractivity contribution in [1.29, 1.82) is 0 Å². The summed E-state index contributed by atoms with van der Waals surface area (Å²) in [6.45, 7) is 2.94. The number of hydrogen-bond acceptors (Lipinski definition) is 2. The van der Waals surface area contributed by atoms with E-state index in [2.05, 4.69) is 6.92 Å². The molecule has 1 unspecified atom stereocenters. The second kappa shape index (κ2) is 4.18. The molecule has 1 rings (SSSR count). The fourth-order valence-electron chi connectivity index (χ4n) is 1.03. The van der Waals surface area contributed by atoms with Crippen molar-refractivity contribution in [3.05, 3.63) is 0 Å². The monoisotopic (exact) mass is 146 g/mol. The van der Waals surface area contributed by atoms with E-state index in [1.54, 1.807) is 0 Å². The molecule has 0 N–H and O–H groups in total. The van der Waals surface area contributed by atoms with E-state index in [-0.39, 0.29) is 0 Å². The van der Waals surface area contributed by atoms with Crippen molar-refractivity contribution in [2.45, 2.75) is 31.6 Å². The highest BCUT2D eigenvalue weighted by Crippen LogP contribution is 2.25. The second-order valence-electron chi connectivity index (χ2n) is 2.25. The van der Waals surface area contributed by atoms with E-state index in [4.69, 9.17) is 4.74 Å². The van der Waals surface area contributed by atoms with Gasteiger partial charge in [0.05, 0.1) is 0 Å². The SMILES string of the molecule is CCOC1CCCCS1. The topological polar surface area (TPSA) is 9.23 Å². The molecular weight excluding hydrogens is 132 g/mol. The molecule has 1 atom stereocenters. The van der Waals surface area contributed by atoms with Crippen LogP contribution in [0.25, 0.3) is 0 Å². The molecule has 0 radical (unpaired) electrons. The number of thioether (sulfide) groups is 1. The third-order valence-electron chi connectivity index (χ3n) is 1.49. The van der Waals surface area contributed by atoms with Crippen LogP contribution < -0.4 is 0 Å². The van der Waals surface area contributed by atoms with Crippen molar-refractivity contribution < 1.29 is 4.74 Å². The van der Waals surface area contributed by atoms with Gasteiger partial charge in [0.25, 0.3) is 0 Å². The summed E-state index contributed by atoms with van der Waals surface area (Å²) in [5.74, 6) is 1.30. The summed E-state index contributed by atoms with van der Waals surface area (Å²) in [5.41, 5.74) is 0.517. The van der Waals surface area contributed by atoms with Gasteiger partial charge in [0.2, 0.25) is 0 Å². The summed E-state index contributed by atoms with van der Waals surface area (Å²) in [5, 5.41) is 0. The Hall–Kier alpha value is 0.310. The van der Waals surface area contributed by atoms with E-state index in [0.717, 1.165) is 6.61 Å². The molecule has 0 aromatic heterocycles. The molecule has 0 aromatic rings. The Morgan fingerprint density at radius 1 is 1.56 bits per heavy atom. The van der Waals surface area contributed by atoms with Crippen molar-refractivity contribution in [3.63, 3.8) is 0 Å². The highest BCUT2D eigenvalue weighted by Gasteiger charge is 2.12. The van der Waals surface area contributed by atoms with Gasteiger partial charge in [0, 0.05) is 6.61 Å². The predicted octanol–water partition coefficient (Wildman–Crippen LogP) is 2.27. The van der Waals surface area contributed by atoms with Gasteiger partial charge >= 0.3 is 0 Å². The fraction of sp³-hybridized carbons (Fsp3) is 1.00. The van der Waals surface area contributed by atoms with Crippen LogP contribution in [0.15, 0.2) is 0 Å². The lowest BCUT2D eigenvalue weighted by Crippen LogP contribution is -2.12. The van der Waals surface area contributed by atoms with Gasteiger partial charge in [-0.1, -0.05) is 0 Å². The van der Waals surface area contributed by atoms with Crippen molar-refractivity contribution >= 4 is 11.8 Å². The zero-order chi connectivity index (χ0) is 6.53. The lowest BCUT2D eigenvalue weighted by atomic mass is 10.2. The molecule has 1 aliphatic heterocycles. The Morgan fingerprint density at radius 2 is 2.44 bits per heavy atom. The van der Waals surface area contributed by atoms with Gasteiger partial charge in [0.1, 0.15) is 5.44 Å². The molecule has 1 nitrogen and oxygen atoms in total. The highest BCUT2D eigenvalue weighted by atomic mass is 32.2. The third kappa shape index (κ3) is 2.59. The summed E-state index contributed by atoms with van der Waals surface area (Å²) in [7, 11) is 0. The van der Waals surface area contributed by atoms with Gasteiger partial charge in [-0.25, -0.2) is 0 Å². The van der Waals surface area contributed by atoms with E-state index in [9.17, 15) is 0 Å². The molecule has 2 heteroatoms. The molecule has 1 aliphatic rings. The number of rotatable bonds is 2. The summed E-state index contributed by atoms with van der Waals surface area (Å²) in [4.78, 5) is 0. The van der Waals surface area contributed by atoms with Crippen LogP contribution in [0, 0.1) is 0 Å². The molecule has 0 saturated carbocycles. The molecular formula is C7H14OS. The van der Waals surface area contributed by atoms with Crippen LogP contribution in [0.2, 0.25) is 0 Å². The van der Waals surface area contributed by atoms with Crippen LogP contribution in [0.4, 0.5) is 0 Å². The Kier molecular flexibility index (Phi) is 3.44. The zero-order valence-corrected chi connectivity index (χ0v) is 6.75. The van der Waals surface area contributed by atoms with Gasteiger partial charge in [-0.2, -0.15) is 0 Å². The standard InChI is InChI=1S/C7H14OS/c1-2-8-7-5-3-4-6-9-7/h7H,2-6H2,1H3. The third-order valence-corrected chi connectivity index (χ3v) is 2.76. The Labute approximate surface area is 61.2 Å². The largest absolute Gasteiger partial charge is 0.368 e. The molecule has 0 spiro atoms.